The van der Waals surface area contributed by atoms with E-state index < -0.39 is 5.91 Å². The van der Waals surface area contributed by atoms with Crippen LogP contribution in [0.2, 0.25) is 0 Å². The molecule has 9 rings (SSSR count). The number of Topliss-reactive ketones (excluding diaryl/α,β-unsaturated/α-hetero) is 2. The van der Waals surface area contributed by atoms with E-state index in [9.17, 15) is 33.6 Å². The Morgan fingerprint density at radius 2 is 1.36 bits per heavy atom. The molecule has 0 fully saturated rings. The minimum atomic E-state index is -0.433. The van der Waals surface area contributed by atoms with Gasteiger partial charge in [0.1, 0.15) is 31.8 Å². The van der Waals surface area contributed by atoms with E-state index >= 15 is 0 Å². The van der Waals surface area contributed by atoms with Crippen LogP contribution in [-0.2, 0) is 56.4 Å². The molecule has 4 aliphatic rings. The normalized spacial score (nSPS) is 15.9. The van der Waals surface area contributed by atoms with Gasteiger partial charge in [0, 0.05) is 99.1 Å². The maximum Gasteiger partial charge on any atom is 0.258 e. The first-order chi connectivity index (χ1) is 36.7. The summed E-state index contributed by atoms with van der Waals surface area (Å²) in [5.41, 5.74) is 9.45. The van der Waals surface area contributed by atoms with Crippen molar-refractivity contribution < 1.29 is 52.3 Å². The molecule has 394 valence electrons. The minimum Gasteiger partial charge on any atom is -0.493 e. The molecular weight excluding hydrogens is 965 g/mol. The molecule has 0 spiro atoms. The number of nitrogens with one attached hydrogen (secondary N) is 2. The van der Waals surface area contributed by atoms with E-state index in [0.29, 0.717) is 83.0 Å². The second-order valence-electron chi connectivity index (χ2n) is 20.0. The Morgan fingerprint density at radius 3 is 2.08 bits per heavy atom. The zero-order chi connectivity index (χ0) is 53.6. The number of methoxy groups -OCH3 is 1. The van der Waals surface area contributed by atoms with Crippen molar-refractivity contribution in [2.24, 2.45) is 0 Å². The average Bonchev–Trinajstić information content (AvgIpc) is 3.98. The number of carbonyl (C=O) groups excluding carboxylic acids is 7. The van der Waals surface area contributed by atoms with Crippen LogP contribution in [0, 0.1) is 6.92 Å². The molecule has 16 nitrogen and oxygen atoms in total. The molecule has 0 aliphatic carbocycles. The lowest BCUT2D eigenvalue weighted by Gasteiger charge is -2.23. The van der Waals surface area contributed by atoms with Crippen LogP contribution in [0.25, 0.3) is 0 Å². The average molecular weight is 1030 g/mol. The summed E-state index contributed by atoms with van der Waals surface area (Å²) in [4.78, 5) is 96.5. The van der Waals surface area contributed by atoms with E-state index in [2.05, 4.69) is 22.9 Å². The summed E-state index contributed by atoms with van der Waals surface area (Å²) in [6.45, 7) is 1.78. The number of nitrogens with zero attached hydrogens (tertiary/aromatic N) is 4. The highest BCUT2D eigenvalue weighted by Crippen LogP contribution is 2.42. The number of ether oxygens (including phenoxy) is 3. The highest BCUT2D eigenvalue weighted by atomic mass is 16.5. The molecule has 0 bridgehead atoms. The minimum absolute atomic E-state index is 0.0369. The smallest absolute Gasteiger partial charge is 0.258 e. The van der Waals surface area contributed by atoms with E-state index in [1.165, 1.54) is 4.90 Å². The maximum atomic E-state index is 14.2. The van der Waals surface area contributed by atoms with Gasteiger partial charge in [0.2, 0.25) is 23.6 Å². The number of anilines is 3. The number of aryl methyl sites for hydroxylation is 2. The molecule has 76 heavy (non-hydrogen) atoms. The first kappa shape index (κ1) is 52.7. The van der Waals surface area contributed by atoms with Crippen LogP contribution in [0.15, 0.2) is 91.0 Å². The van der Waals surface area contributed by atoms with Gasteiger partial charge in [-0.05, 0) is 127 Å². The van der Waals surface area contributed by atoms with Gasteiger partial charge >= 0.3 is 0 Å². The highest BCUT2D eigenvalue weighted by Gasteiger charge is 2.38. The van der Waals surface area contributed by atoms with Crippen molar-refractivity contribution in [1.29, 1.82) is 0 Å². The number of benzene rings is 5. The Labute approximate surface area is 443 Å². The molecule has 0 saturated heterocycles. The molecule has 2 N–H and O–H groups in total. The molecule has 0 radical (unpaired) electrons. The number of para-hydroxylation sites is 2. The van der Waals surface area contributed by atoms with Gasteiger partial charge in [-0.2, -0.15) is 0 Å². The van der Waals surface area contributed by atoms with Crippen molar-refractivity contribution in [3.8, 4) is 17.2 Å². The van der Waals surface area contributed by atoms with Crippen molar-refractivity contribution in [1.82, 2.24) is 10.6 Å². The molecule has 2 atom stereocenters. The van der Waals surface area contributed by atoms with Crippen LogP contribution in [0.5, 0.6) is 17.2 Å². The third-order valence-corrected chi connectivity index (χ3v) is 14.8. The number of hydrogen-bond acceptors (Lipinski definition) is 10. The fourth-order valence-corrected chi connectivity index (χ4v) is 10.6. The largest absolute Gasteiger partial charge is 0.493 e. The van der Waals surface area contributed by atoms with E-state index in [4.69, 9.17) is 14.2 Å². The number of rotatable bonds is 21. The molecular formula is C60H64N6O10. The lowest BCUT2D eigenvalue weighted by Crippen LogP contribution is -2.38. The van der Waals surface area contributed by atoms with Crippen LogP contribution < -0.4 is 39.5 Å². The molecule has 16 heteroatoms. The van der Waals surface area contributed by atoms with Crippen LogP contribution in [-0.4, -0.2) is 98.8 Å². The van der Waals surface area contributed by atoms with Gasteiger partial charge in [-0.25, -0.2) is 0 Å². The second-order valence-corrected chi connectivity index (χ2v) is 20.0. The molecule has 5 aromatic carbocycles. The Hall–Kier alpha value is -8.14. The first-order valence-electron chi connectivity index (χ1n) is 26.0. The number of hydrogen-bond donors (Lipinski definition) is 2. The molecule has 4 heterocycles. The quantitative estimate of drug-likeness (QED) is 0.0422. The van der Waals surface area contributed by atoms with Gasteiger partial charge in [-0.15, -0.1) is 0 Å². The lowest BCUT2D eigenvalue weighted by molar-refractivity contribution is -0.401. The summed E-state index contributed by atoms with van der Waals surface area (Å²) in [5, 5.41) is 5.11. The van der Waals surface area contributed by atoms with Crippen LogP contribution in [0.4, 0.5) is 22.7 Å². The molecule has 0 unspecified atom stereocenters. The number of fused-ring (bicyclic) bond motifs is 8. The second kappa shape index (κ2) is 23.2. The summed E-state index contributed by atoms with van der Waals surface area (Å²) in [5.74, 6) is -0.0158. The van der Waals surface area contributed by atoms with Gasteiger partial charge in [0.25, 0.3) is 5.91 Å². The Morgan fingerprint density at radius 1 is 0.697 bits per heavy atom. The predicted octanol–water partition coefficient (Wildman–Crippen LogP) is 7.57. The fourth-order valence-electron chi connectivity index (χ4n) is 10.6. The third-order valence-electron chi connectivity index (χ3n) is 14.8. The third kappa shape index (κ3) is 11.6. The Kier molecular flexibility index (Phi) is 16.1. The van der Waals surface area contributed by atoms with Gasteiger partial charge < -0.3 is 44.1 Å². The van der Waals surface area contributed by atoms with Crippen molar-refractivity contribution in [3.63, 3.8) is 0 Å². The topological polar surface area (TPSA) is 184 Å². The first-order valence-corrected chi connectivity index (χ1v) is 26.0. The number of ketones is 2. The van der Waals surface area contributed by atoms with Gasteiger partial charge in [-0.3, -0.25) is 33.6 Å². The number of carbonyl (C=O) groups is 7. The van der Waals surface area contributed by atoms with Crippen LogP contribution in [0.1, 0.15) is 112 Å². The van der Waals surface area contributed by atoms with E-state index in [1.807, 2.05) is 107 Å². The zero-order valence-corrected chi connectivity index (χ0v) is 43.8. The molecule has 5 aromatic rings. The molecule has 0 saturated carbocycles. The van der Waals surface area contributed by atoms with Gasteiger partial charge in [0.05, 0.1) is 19.3 Å². The maximum absolute atomic E-state index is 14.2. The lowest BCUT2D eigenvalue weighted by atomic mass is 9.99. The van der Waals surface area contributed by atoms with Gasteiger partial charge in [-0.1, -0.05) is 42.5 Å². The van der Waals surface area contributed by atoms with Crippen LogP contribution in [0.3, 0.4) is 0 Å². The van der Waals surface area contributed by atoms with Crippen LogP contribution >= 0.6 is 0 Å². The SMILES string of the molecule is CNC(=O)CCCCC(=O)CCC(=O)NCC(=O)CCC(=O)N(C)c1cc(COc2cc3c(cc2C)C(=O)N2c4ccccc4C[C@H]2[C-]=[N+]3C)cc(COc2cc3c(cc2OC)C(=O)N2c4ccccc4C[C@H]2CC3)c1. The van der Waals surface area contributed by atoms with E-state index in [-0.39, 0.29) is 99.1 Å². The van der Waals surface area contributed by atoms with E-state index in [1.54, 1.807) is 27.3 Å². The monoisotopic (exact) mass is 1030 g/mol. The summed E-state index contributed by atoms with van der Waals surface area (Å²) in [7, 11) is 6.62. The van der Waals surface area contributed by atoms with Crippen molar-refractivity contribution in [3.05, 3.63) is 136 Å². The summed E-state index contributed by atoms with van der Waals surface area (Å²) >= 11 is 0. The number of amides is 5. The predicted molar refractivity (Wildman–Crippen MR) is 287 cm³/mol. The standard InChI is InChI=1S/C60H64N6O10/c1-37-24-49-52(63(3)34-45-29-42-13-7-10-16-51(42)66(45)60(49)73)32-53(37)75-35-38-25-39(36-76-55-30-40-18-19-43-28-41-12-6-9-15-50(41)65(43)59(72)48(40)31-54(55)74-5)27-44(26-38)64(4)58(71)23-21-47(68)33-62-57(70)22-20-46(67)14-8-11-17-56(69)61-2/h6-7,9-10,12-13,15-16,24-27,30-32,43,45H,8,11,14,17-23,28-29,33,35-36H2,1-5H3,(H,61,69)(H,62,70)/t43-,45+/m1/s1. The highest BCUT2D eigenvalue weighted by molar-refractivity contribution is 6.13. The summed E-state index contributed by atoms with van der Waals surface area (Å²) < 4.78 is 20.8. The Balaban J connectivity index is 0.896. The summed E-state index contributed by atoms with van der Waals surface area (Å²) in [6, 6.07) is 28.8. The zero-order valence-electron chi connectivity index (χ0n) is 43.8. The number of unbranched alkanes of at least 4 members (excludes halogenated alkanes) is 1. The van der Waals surface area contributed by atoms with Gasteiger partial charge in [0.15, 0.2) is 17.3 Å². The van der Waals surface area contributed by atoms with Crippen molar-refractivity contribution in [2.45, 2.75) is 109 Å². The van der Waals surface area contributed by atoms with E-state index in [0.717, 1.165) is 46.5 Å². The molecule has 4 aliphatic heterocycles. The molecule has 5 amide bonds. The van der Waals surface area contributed by atoms with Crippen molar-refractivity contribution >= 4 is 70.1 Å². The van der Waals surface area contributed by atoms with Crippen molar-refractivity contribution in [2.75, 3.05) is 49.5 Å². The molecule has 0 aromatic heterocycles. The fraction of sp³-hybridized carbons (Fsp3) is 0.367. The Bertz CT molecular complexity index is 3170. The summed E-state index contributed by atoms with van der Waals surface area (Å²) in [6.07, 6.45) is 7.90.